The minimum absolute atomic E-state index is 0.0626. The predicted octanol–water partition coefficient (Wildman–Crippen LogP) is 2.44. The monoisotopic (exact) mass is 276 g/mol. The van der Waals surface area contributed by atoms with Crippen LogP contribution in [0.3, 0.4) is 0 Å². The second-order valence-electron chi connectivity index (χ2n) is 5.60. The first-order valence-corrected chi connectivity index (χ1v) is 7.36. The number of likely N-dealkylation sites (N-methyl/N-ethyl adjacent to an activating group) is 1. The number of rotatable bonds is 5. The van der Waals surface area contributed by atoms with E-state index in [0.717, 1.165) is 5.56 Å². The zero-order valence-electron chi connectivity index (χ0n) is 12.3. The zero-order chi connectivity index (χ0) is 14.5. The average Bonchev–Trinajstić information content (AvgIpc) is 2.97. The fourth-order valence-electron chi connectivity index (χ4n) is 2.75. The van der Waals surface area contributed by atoms with Gasteiger partial charge in [-0.05, 0) is 25.8 Å². The number of hydrogen-bond donors (Lipinski definition) is 2. The van der Waals surface area contributed by atoms with E-state index in [-0.39, 0.29) is 17.7 Å². The molecule has 0 aliphatic heterocycles. The summed E-state index contributed by atoms with van der Waals surface area (Å²) < 4.78 is 0. The van der Waals surface area contributed by atoms with Gasteiger partial charge < -0.3 is 15.3 Å². The second kappa shape index (κ2) is 6.75. The summed E-state index contributed by atoms with van der Waals surface area (Å²) in [5.74, 6) is 0.302. The van der Waals surface area contributed by atoms with Crippen LogP contribution in [-0.4, -0.2) is 35.5 Å². The smallest absolute Gasteiger partial charge is 0.236 e. The van der Waals surface area contributed by atoms with Crippen molar-refractivity contribution in [1.29, 1.82) is 0 Å². The van der Waals surface area contributed by atoms with Gasteiger partial charge in [0.25, 0.3) is 0 Å². The third kappa shape index (κ3) is 3.51. The molecule has 1 fully saturated rings. The van der Waals surface area contributed by atoms with Crippen molar-refractivity contribution in [3.05, 3.63) is 29.8 Å². The Morgan fingerprint density at radius 2 is 2.05 bits per heavy atom. The van der Waals surface area contributed by atoms with Crippen molar-refractivity contribution in [2.24, 2.45) is 0 Å². The molecule has 110 valence electrons. The molecule has 1 aliphatic carbocycles. The second-order valence-corrected chi connectivity index (χ2v) is 5.60. The maximum Gasteiger partial charge on any atom is 0.236 e. The van der Waals surface area contributed by atoms with Crippen LogP contribution in [0.15, 0.2) is 24.3 Å². The van der Waals surface area contributed by atoms with Gasteiger partial charge in [0.15, 0.2) is 0 Å². The van der Waals surface area contributed by atoms with E-state index >= 15 is 0 Å². The largest absolute Gasteiger partial charge is 0.508 e. The van der Waals surface area contributed by atoms with Crippen LogP contribution in [0.4, 0.5) is 0 Å². The summed E-state index contributed by atoms with van der Waals surface area (Å²) in [6, 6.07) is 7.53. The minimum Gasteiger partial charge on any atom is -0.508 e. The molecule has 0 heterocycles. The molecular formula is C16H24N2O2. The Hall–Kier alpha value is -1.55. The van der Waals surface area contributed by atoms with Gasteiger partial charge >= 0.3 is 0 Å². The van der Waals surface area contributed by atoms with Crippen molar-refractivity contribution < 1.29 is 9.90 Å². The molecule has 1 aromatic carbocycles. The molecule has 1 aromatic rings. The molecule has 4 nitrogen and oxygen atoms in total. The molecule has 0 aromatic heterocycles. The molecule has 1 unspecified atom stereocenters. The Bertz CT molecular complexity index is 456. The van der Waals surface area contributed by atoms with E-state index in [1.807, 2.05) is 19.1 Å². The molecule has 1 amide bonds. The summed E-state index contributed by atoms with van der Waals surface area (Å²) >= 11 is 0. The Morgan fingerprint density at radius 3 is 2.70 bits per heavy atom. The van der Waals surface area contributed by atoms with Crippen LogP contribution in [0.2, 0.25) is 0 Å². The lowest BCUT2D eigenvalue weighted by atomic mass is 10.1. The van der Waals surface area contributed by atoms with E-state index < -0.39 is 0 Å². The maximum absolute atomic E-state index is 12.2. The molecule has 1 saturated carbocycles. The van der Waals surface area contributed by atoms with Gasteiger partial charge in [-0.15, -0.1) is 0 Å². The average molecular weight is 276 g/mol. The summed E-state index contributed by atoms with van der Waals surface area (Å²) in [5, 5.41) is 13.2. The van der Waals surface area contributed by atoms with Crippen molar-refractivity contribution in [3.8, 4) is 5.75 Å². The van der Waals surface area contributed by atoms with E-state index in [4.69, 9.17) is 0 Å². The number of benzene rings is 1. The molecule has 20 heavy (non-hydrogen) atoms. The van der Waals surface area contributed by atoms with Crippen LogP contribution in [0.25, 0.3) is 0 Å². The van der Waals surface area contributed by atoms with Gasteiger partial charge in [0, 0.05) is 18.7 Å². The van der Waals surface area contributed by atoms with Gasteiger partial charge in [-0.2, -0.15) is 0 Å². The number of carbonyl (C=O) groups excluding carboxylic acids is 1. The number of aromatic hydroxyl groups is 1. The van der Waals surface area contributed by atoms with Crippen LogP contribution >= 0.6 is 0 Å². The molecule has 2 N–H and O–H groups in total. The molecule has 0 spiro atoms. The Balaban J connectivity index is 1.90. The van der Waals surface area contributed by atoms with Gasteiger partial charge in [0.2, 0.25) is 5.91 Å². The number of nitrogens with zero attached hydrogens (tertiary/aromatic N) is 1. The first kappa shape index (κ1) is 14.9. The van der Waals surface area contributed by atoms with Crippen LogP contribution in [-0.2, 0) is 4.79 Å². The highest BCUT2D eigenvalue weighted by atomic mass is 16.3. The van der Waals surface area contributed by atoms with E-state index in [9.17, 15) is 9.90 Å². The molecule has 4 heteroatoms. The van der Waals surface area contributed by atoms with E-state index in [2.05, 4.69) is 5.32 Å². The van der Waals surface area contributed by atoms with Crippen LogP contribution < -0.4 is 5.32 Å². The van der Waals surface area contributed by atoms with Gasteiger partial charge in [-0.1, -0.05) is 31.0 Å². The number of phenolic OH excluding ortho intramolecular Hbond substituents is 1. The number of para-hydroxylation sites is 1. The Labute approximate surface area is 120 Å². The Morgan fingerprint density at radius 1 is 1.40 bits per heavy atom. The number of nitrogens with one attached hydrogen (secondary N) is 1. The molecule has 0 bridgehead atoms. The van der Waals surface area contributed by atoms with Gasteiger partial charge in [-0.3, -0.25) is 4.79 Å². The molecule has 0 saturated heterocycles. The van der Waals surface area contributed by atoms with Gasteiger partial charge in [0.1, 0.15) is 5.75 Å². The highest BCUT2D eigenvalue weighted by Crippen LogP contribution is 2.27. The fraction of sp³-hybridized carbons (Fsp3) is 0.562. The van der Waals surface area contributed by atoms with Crippen molar-refractivity contribution >= 4 is 5.91 Å². The lowest BCUT2D eigenvalue weighted by molar-refractivity contribution is -0.131. The number of carbonyl (C=O) groups is 1. The summed E-state index contributed by atoms with van der Waals surface area (Å²) in [6.45, 7) is 2.31. The normalized spacial score (nSPS) is 17.1. The number of hydrogen-bond acceptors (Lipinski definition) is 3. The molecule has 2 rings (SSSR count). The summed E-state index contributed by atoms with van der Waals surface area (Å²) in [6.07, 6.45) is 4.87. The summed E-state index contributed by atoms with van der Waals surface area (Å²) in [4.78, 5) is 13.9. The fourth-order valence-corrected chi connectivity index (χ4v) is 2.75. The third-order valence-corrected chi connectivity index (χ3v) is 4.26. The van der Waals surface area contributed by atoms with Crippen LogP contribution in [0.5, 0.6) is 5.75 Å². The van der Waals surface area contributed by atoms with E-state index in [1.54, 1.807) is 24.1 Å². The molecular weight excluding hydrogens is 252 g/mol. The van der Waals surface area contributed by atoms with Crippen molar-refractivity contribution in [3.63, 3.8) is 0 Å². The van der Waals surface area contributed by atoms with Crippen LogP contribution in [0.1, 0.15) is 44.2 Å². The topological polar surface area (TPSA) is 52.6 Å². The van der Waals surface area contributed by atoms with Gasteiger partial charge in [-0.25, -0.2) is 0 Å². The number of phenols is 1. The summed E-state index contributed by atoms with van der Waals surface area (Å²) in [7, 11) is 1.79. The van der Waals surface area contributed by atoms with E-state index in [1.165, 1.54) is 25.7 Å². The Kier molecular flexibility index (Phi) is 5.01. The predicted molar refractivity (Wildman–Crippen MR) is 79.6 cm³/mol. The number of amides is 1. The maximum atomic E-state index is 12.2. The SMILES string of the molecule is CC(c1ccccc1O)N(C)C(=O)CNC1CCCC1. The standard InChI is InChI=1S/C16H24N2O2/c1-12(14-9-5-6-10-15(14)19)18(2)16(20)11-17-13-7-3-4-8-13/h5-6,9-10,12-13,17,19H,3-4,7-8,11H2,1-2H3. The van der Waals surface area contributed by atoms with E-state index in [0.29, 0.717) is 12.6 Å². The molecule has 0 radical (unpaired) electrons. The van der Waals surface area contributed by atoms with Crippen molar-refractivity contribution in [1.82, 2.24) is 10.2 Å². The molecule has 1 atom stereocenters. The zero-order valence-corrected chi connectivity index (χ0v) is 12.3. The lowest BCUT2D eigenvalue weighted by Crippen LogP contribution is -2.40. The summed E-state index contributed by atoms with van der Waals surface area (Å²) in [5.41, 5.74) is 0.782. The molecule has 1 aliphatic rings. The van der Waals surface area contributed by atoms with Gasteiger partial charge in [0.05, 0.1) is 12.6 Å². The van der Waals surface area contributed by atoms with Crippen LogP contribution in [0, 0.1) is 0 Å². The highest BCUT2D eigenvalue weighted by Gasteiger charge is 2.21. The van der Waals surface area contributed by atoms with Crippen molar-refractivity contribution in [2.45, 2.75) is 44.7 Å². The first-order chi connectivity index (χ1) is 9.59. The van der Waals surface area contributed by atoms with Crippen molar-refractivity contribution in [2.75, 3.05) is 13.6 Å². The quantitative estimate of drug-likeness (QED) is 0.868. The third-order valence-electron chi connectivity index (χ3n) is 4.26. The minimum atomic E-state index is -0.130. The first-order valence-electron chi connectivity index (χ1n) is 7.36. The lowest BCUT2D eigenvalue weighted by Gasteiger charge is -2.26. The highest BCUT2D eigenvalue weighted by molar-refractivity contribution is 5.78.